The minimum absolute atomic E-state index is 0.102. The molecule has 2 aromatic rings. The van der Waals surface area contributed by atoms with Crippen molar-refractivity contribution in [3.63, 3.8) is 0 Å². The summed E-state index contributed by atoms with van der Waals surface area (Å²) in [6.45, 7) is 2.72. The molecule has 0 aliphatic rings. The highest BCUT2D eigenvalue weighted by atomic mass is 32.1. The maximum Gasteiger partial charge on any atom is 0.286 e. The van der Waals surface area contributed by atoms with Crippen LogP contribution in [0.2, 0.25) is 0 Å². The summed E-state index contributed by atoms with van der Waals surface area (Å²) in [4.78, 5) is 11.8. The van der Waals surface area contributed by atoms with Crippen LogP contribution in [-0.2, 0) is 0 Å². The number of halogens is 2. The number of carbonyl (C=O) groups is 1. The van der Waals surface area contributed by atoms with E-state index in [2.05, 4.69) is 20.8 Å². The van der Waals surface area contributed by atoms with E-state index in [1.165, 1.54) is 0 Å². The Morgan fingerprint density at radius 1 is 1.35 bits per heavy atom. The molecule has 0 spiro atoms. The second-order valence-electron chi connectivity index (χ2n) is 3.92. The summed E-state index contributed by atoms with van der Waals surface area (Å²) >= 11 is 1.07. The van der Waals surface area contributed by atoms with Gasteiger partial charge in [0.05, 0.1) is 5.69 Å². The maximum atomic E-state index is 13.4. The van der Waals surface area contributed by atoms with E-state index in [0.717, 1.165) is 36.4 Å². The van der Waals surface area contributed by atoms with Crippen molar-refractivity contribution in [3.8, 4) is 0 Å². The molecule has 2 N–H and O–H groups in total. The van der Waals surface area contributed by atoms with Crippen LogP contribution in [0.1, 0.15) is 23.1 Å². The van der Waals surface area contributed by atoms with E-state index in [1.807, 2.05) is 6.92 Å². The van der Waals surface area contributed by atoms with Crippen LogP contribution in [0.4, 0.5) is 19.6 Å². The Bertz CT molecular complexity index is 617. The Kier molecular flexibility index (Phi) is 4.57. The van der Waals surface area contributed by atoms with Gasteiger partial charge in [0.1, 0.15) is 11.6 Å². The SMILES string of the molecule is CCCNc1nnc(C(=O)Nc2ccc(F)cc2F)s1. The van der Waals surface area contributed by atoms with Crippen molar-refractivity contribution in [1.82, 2.24) is 10.2 Å². The summed E-state index contributed by atoms with van der Waals surface area (Å²) < 4.78 is 26.1. The molecule has 0 radical (unpaired) electrons. The molecule has 5 nitrogen and oxygen atoms in total. The first-order valence-corrected chi connectivity index (χ1v) is 6.75. The van der Waals surface area contributed by atoms with Crippen molar-refractivity contribution in [2.24, 2.45) is 0 Å². The summed E-state index contributed by atoms with van der Waals surface area (Å²) in [5.74, 6) is -2.13. The molecule has 1 aromatic heterocycles. The molecule has 0 saturated carbocycles. The van der Waals surface area contributed by atoms with Crippen molar-refractivity contribution in [2.75, 3.05) is 17.2 Å². The van der Waals surface area contributed by atoms with Crippen LogP contribution in [0.5, 0.6) is 0 Å². The summed E-state index contributed by atoms with van der Waals surface area (Å²) in [6.07, 6.45) is 0.919. The number of rotatable bonds is 5. The lowest BCUT2D eigenvalue weighted by Crippen LogP contribution is -2.12. The number of nitrogens with one attached hydrogen (secondary N) is 2. The first-order chi connectivity index (χ1) is 9.60. The smallest absolute Gasteiger partial charge is 0.286 e. The van der Waals surface area contributed by atoms with Gasteiger partial charge in [0.25, 0.3) is 5.91 Å². The van der Waals surface area contributed by atoms with E-state index in [9.17, 15) is 13.6 Å². The van der Waals surface area contributed by atoms with Crippen LogP contribution >= 0.6 is 11.3 Å². The van der Waals surface area contributed by atoms with Gasteiger partial charge in [-0.1, -0.05) is 18.3 Å². The third kappa shape index (κ3) is 3.47. The Hall–Kier alpha value is -2.09. The minimum Gasteiger partial charge on any atom is -0.360 e. The van der Waals surface area contributed by atoms with Crippen LogP contribution in [-0.4, -0.2) is 22.6 Å². The number of nitrogens with zero attached hydrogens (tertiary/aromatic N) is 2. The van der Waals surface area contributed by atoms with Crippen LogP contribution < -0.4 is 10.6 Å². The minimum atomic E-state index is -0.841. The molecule has 1 amide bonds. The monoisotopic (exact) mass is 298 g/mol. The second-order valence-corrected chi connectivity index (χ2v) is 4.89. The van der Waals surface area contributed by atoms with Crippen LogP contribution in [0.3, 0.4) is 0 Å². The zero-order chi connectivity index (χ0) is 14.5. The Morgan fingerprint density at radius 3 is 2.85 bits per heavy atom. The molecule has 2 rings (SSSR count). The fraction of sp³-hybridized carbons (Fsp3) is 0.250. The third-order valence-electron chi connectivity index (χ3n) is 2.32. The largest absolute Gasteiger partial charge is 0.360 e. The maximum absolute atomic E-state index is 13.4. The number of anilines is 2. The number of aromatic nitrogens is 2. The molecule has 0 aliphatic carbocycles. The predicted octanol–water partition coefficient (Wildman–Crippen LogP) is 2.89. The summed E-state index contributed by atoms with van der Waals surface area (Å²) in [5, 5.41) is 13.5. The highest BCUT2D eigenvalue weighted by Gasteiger charge is 2.15. The van der Waals surface area contributed by atoms with Crippen LogP contribution in [0, 0.1) is 11.6 Å². The molecule has 0 bridgehead atoms. The standard InChI is InChI=1S/C12H12F2N4OS/c1-2-5-15-12-18-17-11(20-12)10(19)16-9-4-3-7(13)6-8(9)14/h3-4,6H,2,5H2,1H3,(H,15,18)(H,16,19). The lowest BCUT2D eigenvalue weighted by atomic mass is 10.3. The van der Waals surface area contributed by atoms with Gasteiger partial charge in [-0.2, -0.15) is 0 Å². The summed E-state index contributed by atoms with van der Waals surface area (Å²) in [6, 6.07) is 2.91. The molecule has 0 fully saturated rings. The fourth-order valence-corrected chi connectivity index (χ4v) is 2.05. The highest BCUT2D eigenvalue weighted by molar-refractivity contribution is 7.17. The van der Waals surface area contributed by atoms with Gasteiger partial charge in [-0.05, 0) is 18.6 Å². The van der Waals surface area contributed by atoms with Gasteiger partial charge in [0.15, 0.2) is 0 Å². The first-order valence-electron chi connectivity index (χ1n) is 5.94. The molecule has 0 aliphatic heterocycles. The molecule has 8 heteroatoms. The summed E-state index contributed by atoms with van der Waals surface area (Å²) in [7, 11) is 0. The Morgan fingerprint density at radius 2 is 2.15 bits per heavy atom. The topological polar surface area (TPSA) is 66.9 Å². The van der Waals surface area contributed by atoms with E-state index >= 15 is 0 Å². The fourth-order valence-electron chi connectivity index (χ4n) is 1.38. The Labute approximate surface area is 118 Å². The molecule has 20 heavy (non-hydrogen) atoms. The molecular weight excluding hydrogens is 286 g/mol. The molecule has 0 atom stereocenters. The van der Waals surface area contributed by atoms with Gasteiger partial charge in [-0.15, -0.1) is 10.2 Å². The zero-order valence-electron chi connectivity index (χ0n) is 10.6. The normalized spacial score (nSPS) is 10.3. The third-order valence-corrected chi connectivity index (χ3v) is 3.20. The van der Waals surface area contributed by atoms with E-state index in [4.69, 9.17) is 0 Å². The average molecular weight is 298 g/mol. The highest BCUT2D eigenvalue weighted by Crippen LogP contribution is 2.19. The van der Waals surface area contributed by atoms with Gasteiger partial charge in [0, 0.05) is 12.6 Å². The number of amides is 1. The van der Waals surface area contributed by atoms with Gasteiger partial charge >= 0.3 is 0 Å². The van der Waals surface area contributed by atoms with E-state index in [1.54, 1.807) is 0 Å². The van der Waals surface area contributed by atoms with Crippen LogP contribution in [0.25, 0.3) is 0 Å². The molecule has 0 unspecified atom stereocenters. The second kappa shape index (κ2) is 6.38. The molecule has 106 valence electrons. The molecule has 0 saturated heterocycles. The van der Waals surface area contributed by atoms with Crippen molar-refractivity contribution < 1.29 is 13.6 Å². The van der Waals surface area contributed by atoms with Gasteiger partial charge < -0.3 is 10.6 Å². The van der Waals surface area contributed by atoms with E-state index in [-0.39, 0.29) is 10.7 Å². The zero-order valence-corrected chi connectivity index (χ0v) is 11.4. The average Bonchev–Trinajstić information content (AvgIpc) is 2.88. The number of hydrogen-bond acceptors (Lipinski definition) is 5. The quantitative estimate of drug-likeness (QED) is 0.890. The van der Waals surface area contributed by atoms with Gasteiger partial charge in [0.2, 0.25) is 10.1 Å². The first kappa shape index (κ1) is 14.3. The lowest BCUT2D eigenvalue weighted by molar-refractivity contribution is 0.102. The van der Waals surface area contributed by atoms with Crippen molar-refractivity contribution in [2.45, 2.75) is 13.3 Å². The lowest BCUT2D eigenvalue weighted by Gasteiger charge is -2.03. The van der Waals surface area contributed by atoms with Crippen LogP contribution in [0.15, 0.2) is 18.2 Å². The van der Waals surface area contributed by atoms with E-state index in [0.29, 0.717) is 11.2 Å². The number of benzene rings is 1. The van der Waals surface area contributed by atoms with Crippen molar-refractivity contribution in [3.05, 3.63) is 34.8 Å². The number of hydrogen-bond donors (Lipinski definition) is 2. The van der Waals surface area contributed by atoms with E-state index < -0.39 is 17.5 Å². The number of carbonyl (C=O) groups excluding carboxylic acids is 1. The van der Waals surface area contributed by atoms with Gasteiger partial charge in [-0.25, -0.2) is 8.78 Å². The Balaban J connectivity index is 2.06. The molecule has 1 aromatic carbocycles. The summed E-state index contributed by atoms with van der Waals surface area (Å²) in [5.41, 5.74) is -0.102. The molecule has 1 heterocycles. The van der Waals surface area contributed by atoms with Gasteiger partial charge in [-0.3, -0.25) is 4.79 Å². The van der Waals surface area contributed by atoms with Crippen molar-refractivity contribution >= 4 is 28.1 Å². The van der Waals surface area contributed by atoms with Crippen molar-refractivity contribution in [1.29, 1.82) is 0 Å². The predicted molar refractivity (Wildman–Crippen MR) is 73.0 cm³/mol. The molecular formula is C12H12F2N4OS.